The van der Waals surface area contributed by atoms with Crippen molar-refractivity contribution in [3.05, 3.63) is 30.3 Å². The second-order valence-corrected chi connectivity index (χ2v) is 7.31. The number of benzene rings is 1. The number of hydrogen-bond acceptors (Lipinski definition) is 0. The Morgan fingerprint density at radius 2 is 1.81 bits per heavy atom. The van der Waals surface area contributed by atoms with Crippen LogP contribution in [-0.2, 0) is 0 Å². The lowest BCUT2D eigenvalue weighted by Gasteiger charge is -2.18. The molecule has 1 atom stereocenters. The minimum atomic E-state index is -0.308. The lowest BCUT2D eigenvalue weighted by molar-refractivity contribution is 0.489. The Morgan fingerprint density at radius 3 is 2.38 bits per heavy atom. The fourth-order valence-corrected chi connectivity index (χ4v) is 4.57. The highest BCUT2D eigenvalue weighted by Crippen LogP contribution is 2.19. The first-order chi connectivity index (χ1) is 7.77. The van der Waals surface area contributed by atoms with E-state index in [1.54, 1.807) is 5.19 Å². The molecule has 0 aliphatic heterocycles. The molecule has 0 bridgehead atoms. The quantitative estimate of drug-likeness (QED) is 0.618. The summed E-state index contributed by atoms with van der Waals surface area (Å²) in [4.78, 5) is 0. The largest absolute Gasteiger partial charge is 0.0826 e. The van der Waals surface area contributed by atoms with E-state index >= 15 is 0 Å². The molecule has 0 aliphatic rings. The zero-order chi connectivity index (χ0) is 11.8. The summed E-state index contributed by atoms with van der Waals surface area (Å²) < 4.78 is 0. The fraction of sp³-hybridized carbons (Fsp3) is 0.600. The molecule has 0 heterocycles. The van der Waals surface area contributed by atoms with Gasteiger partial charge in [-0.1, -0.05) is 87.6 Å². The van der Waals surface area contributed by atoms with Gasteiger partial charge in [0.25, 0.3) is 0 Å². The van der Waals surface area contributed by atoms with Crippen LogP contribution in [-0.4, -0.2) is 8.80 Å². The molecule has 0 saturated heterocycles. The van der Waals surface area contributed by atoms with Crippen molar-refractivity contribution in [2.75, 3.05) is 0 Å². The maximum atomic E-state index is 2.47. The monoisotopic (exact) mass is 233 g/mol. The molecule has 1 radical (unpaired) electrons. The van der Waals surface area contributed by atoms with E-state index in [1.165, 1.54) is 31.7 Å². The first-order valence-electron chi connectivity index (χ1n) is 6.65. The van der Waals surface area contributed by atoms with Crippen molar-refractivity contribution >= 4 is 14.0 Å². The highest BCUT2D eigenvalue weighted by Gasteiger charge is 2.13. The Labute approximate surface area is 103 Å². The molecule has 0 spiro atoms. The second-order valence-electron chi connectivity index (χ2n) is 4.77. The molecule has 0 fully saturated rings. The fourth-order valence-electron chi connectivity index (χ4n) is 2.22. The summed E-state index contributed by atoms with van der Waals surface area (Å²) in [7, 11) is -0.308. The molecular formula is C15H25Si. The van der Waals surface area contributed by atoms with Crippen LogP contribution < -0.4 is 5.19 Å². The van der Waals surface area contributed by atoms with Crippen LogP contribution in [0.25, 0.3) is 0 Å². The zero-order valence-corrected chi connectivity index (χ0v) is 12.0. The lowest BCUT2D eigenvalue weighted by Crippen LogP contribution is -2.28. The van der Waals surface area contributed by atoms with Gasteiger partial charge in [0.1, 0.15) is 0 Å². The van der Waals surface area contributed by atoms with Crippen LogP contribution in [0.5, 0.6) is 0 Å². The number of hydrogen-bond donors (Lipinski definition) is 0. The summed E-state index contributed by atoms with van der Waals surface area (Å²) in [6.07, 6.45) is 5.53. The third kappa shape index (κ3) is 4.52. The van der Waals surface area contributed by atoms with Gasteiger partial charge in [0.15, 0.2) is 0 Å². The highest BCUT2D eigenvalue weighted by molar-refractivity contribution is 6.72. The predicted octanol–water partition coefficient (Wildman–Crippen LogP) is 4.23. The Hall–Kier alpha value is -0.563. The molecule has 89 valence electrons. The van der Waals surface area contributed by atoms with Gasteiger partial charge in [-0.2, -0.15) is 0 Å². The van der Waals surface area contributed by atoms with Crippen LogP contribution >= 0.6 is 0 Å². The molecule has 0 aromatic heterocycles. The van der Waals surface area contributed by atoms with E-state index in [4.69, 9.17) is 0 Å². The Bertz CT molecular complexity index is 268. The van der Waals surface area contributed by atoms with Crippen LogP contribution in [0.3, 0.4) is 0 Å². The van der Waals surface area contributed by atoms with Gasteiger partial charge in [-0.05, 0) is 5.92 Å². The molecule has 1 aromatic rings. The summed E-state index contributed by atoms with van der Waals surface area (Å²) in [6, 6.07) is 12.5. The van der Waals surface area contributed by atoms with Gasteiger partial charge >= 0.3 is 0 Å². The maximum Gasteiger partial charge on any atom is 0.0826 e. The van der Waals surface area contributed by atoms with Crippen molar-refractivity contribution < 1.29 is 0 Å². The minimum absolute atomic E-state index is 0.308. The highest BCUT2D eigenvalue weighted by atomic mass is 28.3. The average molecular weight is 233 g/mol. The predicted molar refractivity (Wildman–Crippen MR) is 75.8 cm³/mol. The minimum Gasteiger partial charge on any atom is -0.0669 e. The van der Waals surface area contributed by atoms with Gasteiger partial charge in [0.2, 0.25) is 0 Å². The van der Waals surface area contributed by atoms with Crippen LogP contribution in [0.1, 0.15) is 39.5 Å². The Balaban J connectivity index is 2.45. The molecule has 1 unspecified atom stereocenters. The van der Waals surface area contributed by atoms with Gasteiger partial charge in [-0.3, -0.25) is 0 Å². The van der Waals surface area contributed by atoms with Crippen molar-refractivity contribution in [1.29, 1.82) is 0 Å². The van der Waals surface area contributed by atoms with E-state index in [9.17, 15) is 0 Å². The SMILES string of the molecule is CCCCC(CC)C[Si](C)c1ccccc1. The summed E-state index contributed by atoms with van der Waals surface area (Å²) in [5.74, 6) is 0.957. The van der Waals surface area contributed by atoms with E-state index in [-0.39, 0.29) is 8.80 Å². The molecule has 1 rings (SSSR count). The van der Waals surface area contributed by atoms with Gasteiger partial charge < -0.3 is 0 Å². The molecule has 0 saturated carbocycles. The molecule has 0 N–H and O–H groups in total. The van der Waals surface area contributed by atoms with Gasteiger partial charge in [0, 0.05) is 0 Å². The lowest BCUT2D eigenvalue weighted by atomic mass is 10.0. The number of unbranched alkanes of at least 4 members (excludes halogenated alkanes) is 1. The molecule has 16 heavy (non-hydrogen) atoms. The molecular weight excluding hydrogens is 208 g/mol. The maximum absolute atomic E-state index is 2.47. The Kier molecular flexibility index (Phi) is 6.47. The zero-order valence-electron chi connectivity index (χ0n) is 11.0. The van der Waals surface area contributed by atoms with Crippen LogP contribution in [0.4, 0.5) is 0 Å². The summed E-state index contributed by atoms with van der Waals surface area (Å²) in [6.45, 7) is 7.11. The molecule has 1 aromatic carbocycles. The molecule has 0 aliphatic carbocycles. The first kappa shape index (κ1) is 13.5. The van der Waals surface area contributed by atoms with Crippen molar-refractivity contribution in [1.82, 2.24) is 0 Å². The normalized spacial score (nSPS) is 13.0. The van der Waals surface area contributed by atoms with Crippen LogP contribution in [0.2, 0.25) is 12.6 Å². The van der Waals surface area contributed by atoms with E-state index in [0.29, 0.717) is 0 Å². The smallest absolute Gasteiger partial charge is 0.0669 e. The van der Waals surface area contributed by atoms with Crippen molar-refractivity contribution in [2.45, 2.75) is 52.1 Å². The van der Waals surface area contributed by atoms with Crippen molar-refractivity contribution in [2.24, 2.45) is 5.92 Å². The summed E-state index contributed by atoms with van der Waals surface area (Å²) in [5.41, 5.74) is 0. The van der Waals surface area contributed by atoms with E-state index < -0.39 is 0 Å². The third-order valence-corrected chi connectivity index (χ3v) is 5.91. The van der Waals surface area contributed by atoms with Crippen LogP contribution in [0.15, 0.2) is 30.3 Å². The standard InChI is InChI=1S/C15H25Si/c1-4-6-10-14(5-2)13-16(3)15-11-8-7-9-12-15/h7-9,11-12,14H,4-6,10,13H2,1-3H3. The average Bonchev–Trinajstić information content (AvgIpc) is 2.35. The van der Waals surface area contributed by atoms with Crippen LogP contribution in [0, 0.1) is 5.92 Å². The molecule has 0 nitrogen and oxygen atoms in total. The van der Waals surface area contributed by atoms with Gasteiger partial charge in [0.05, 0.1) is 8.80 Å². The van der Waals surface area contributed by atoms with Gasteiger partial charge in [-0.25, -0.2) is 0 Å². The van der Waals surface area contributed by atoms with Crippen molar-refractivity contribution in [3.63, 3.8) is 0 Å². The topological polar surface area (TPSA) is 0 Å². The Morgan fingerprint density at radius 1 is 1.12 bits per heavy atom. The van der Waals surface area contributed by atoms with E-state index in [0.717, 1.165) is 5.92 Å². The molecule has 0 amide bonds. The summed E-state index contributed by atoms with van der Waals surface area (Å²) in [5, 5.41) is 1.60. The molecule has 1 heteroatoms. The summed E-state index contributed by atoms with van der Waals surface area (Å²) >= 11 is 0. The van der Waals surface area contributed by atoms with E-state index in [2.05, 4.69) is 50.7 Å². The van der Waals surface area contributed by atoms with E-state index in [1.807, 2.05) is 0 Å². The number of rotatable bonds is 7. The van der Waals surface area contributed by atoms with Crippen molar-refractivity contribution in [3.8, 4) is 0 Å². The van der Waals surface area contributed by atoms with Gasteiger partial charge in [-0.15, -0.1) is 0 Å². The first-order valence-corrected chi connectivity index (χ1v) is 8.86. The second kappa shape index (κ2) is 7.67. The third-order valence-electron chi connectivity index (χ3n) is 3.40.